The Kier molecular flexibility index (Phi) is 9.84. The van der Waals surface area contributed by atoms with Crippen molar-refractivity contribution in [3.63, 3.8) is 0 Å². The molecule has 2 aromatic rings. The van der Waals surface area contributed by atoms with Gasteiger partial charge in [0.15, 0.2) is 0 Å². The number of carbonyl (C=O) groups excluding carboxylic acids is 1. The average molecular weight is 453 g/mol. The van der Waals surface area contributed by atoms with Gasteiger partial charge in [-0.25, -0.2) is 0 Å². The summed E-state index contributed by atoms with van der Waals surface area (Å²) in [5, 5.41) is 15.7. The van der Waals surface area contributed by atoms with Gasteiger partial charge in [-0.05, 0) is 62.7 Å². The number of nitriles is 1. The van der Waals surface area contributed by atoms with Crippen LogP contribution >= 0.6 is 23.2 Å². The molecule has 0 bridgehead atoms. The van der Waals surface area contributed by atoms with E-state index in [1.807, 2.05) is 25.1 Å². The summed E-state index contributed by atoms with van der Waals surface area (Å²) < 4.78 is 0. The molecule has 154 valence electrons. The van der Waals surface area contributed by atoms with E-state index in [0.717, 1.165) is 30.0 Å². The normalized spacial score (nSPS) is 10.6. The molecule has 0 saturated heterocycles. The first-order valence-corrected chi connectivity index (χ1v) is 9.64. The van der Waals surface area contributed by atoms with Crippen LogP contribution in [-0.2, 0) is 4.79 Å². The predicted molar refractivity (Wildman–Crippen MR) is 117 cm³/mol. The minimum Gasteiger partial charge on any atom is -1.00 e. The van der Waals surface area contributed by atoms with Crippen LogP contribution < -0.4 is 27.9 Å². The molecule has 0 saturated carbocycles. The molecule has 0 aromatic heterocycles. The highest BCUT2D eigenvalue weighted by atomic mass is 35.5. The number of benzene rings is 2. The number of halogens is 3. The van der Waals surface area contributed by atoms with Gasteiger partial charge >= 0.3 is 0 Å². The molecule has 0 unspecified atom stereocenters. The van der Waals surface area contributed by atoms with Crippen molar-refractivity contribution in [3.8, 4) is 6.07 Å². The standard InChI is InChI=1S/C21H22Cl2N4O.ClH/c1-4-27(5-2)17-7-9-20(14(3)10-17)25-13-15(12-24)21(28)26-16-6-8-18(22)19(23)11-16;/h6-11,13,25H,4-5H2,1-3H3,(H,26,28);1H/p-1/b15-13-;. The molecule has 0 aliphatic heterocycles. The van der Waals surface area contributed by atoms with Crippen molar-refractivity contribution < 1.29 is 17.2 Å². The van der Waals surface area contributed by atoms with Gasteiger partial charge in [0.1, 0.15) is 11.6 Å². The van der Waals surface area contributed by atoms with Crippen molar-refractivity contribution >= 4 is 46.2 Å². The number of hydrogen-bond acceptors (Lipinski definition) is 4. The number of anilines is 3. The fraction of sp³-hybridized carbons (Fsp3) is 0.238. The maximum Gasteiger partial charge on any atom is 0.267 e. The highest BCUT2D eigenvalue weighted by Gasteiger charge is 2.11. The third-order valence-corrected chi connectivity index (χ3v) is 4.99. The van der Waals surface area contributed by atoms with Crippen LogP contribution in [0.4, 0.5) is 17.1 Å². The molecular weight excluding hydrogens is 431 g/mol. The van der Waals surface area contributed by atoms with E-state index in [-0.39, 0.29) is 18.0 Å². The summed E-state index contributed by atoms with van der Waals surface area (Å²) >= 11 is 11.8. The first-order chi connectivity index (χ1) is 13.4. The Morgan fingerprint density at radius 1 is 1.14 bits per heavy atom. The van der Waals surface area contributed by atoms with Gasteiger partial charge in [0, 0.05) is 36.4 Å². The van der Waals surface area contributed by atoms with Gasteiger partial charge in [-0.15, -0.1) is 0 Å². The minimum absolute atomic E-state index is 0. The summed E-state index contributed by atoms with van der Waals surface area (Å²) in [7, 11) is 0. The van der Waals surface area contributed by atoms with Crippen molar-refractivity contribution in [3.05, 3.63) is 63.8 Å². The SMILES string of the molecule is CCN(CC)c1ccc(N/C=C(/C#N)C(=O)Nc2ccc(Cl)c(Cl)c2)c(C)c1.[Cl-]. The van der Waals surface area contributed by atoms with E-state index in [9.17, 15) is 10.1 Å². The van der Waals surface area contributed by atoms with Crippen LogP contribution in [0.1, 0.15) is 19.4 Å². The third kappa shape index (κ3) is 6.57. The van der Waals surface area contributed by atoms with Crippen LogP contribution in [0.5, 0.6) is 0 Å². The molecule has 0 fully saturated rings. The highest BCUT2D eigenvalue weighted by molar-refractivity contribution is 6.42. The van der Waals surface area contributed by atoms with Crippen LogP contribution in [-0.4, -0.2) is 19.0 Å². The average Bonchev–Trinajstić information content (AvgIpc) is 2.67. The van der Waals surface area contributed by atoms with Gasteiger partial charge < -0.3 is 27.9 Å². The zero-order chi connectivity index (χ0) is 20.7. The fourth-order valence-electron chi connectivity index (χ4n) is 2.67. The van der Waals surface area contributed by atoms with Gasteiger partial charge in [-0.2, -0.15) is 5.26 Å². The van der Waals surface area contributed by atoms with E-state index in [1.165, 1.54) is 12.3 Å². The predicted octanol–water partition coefficient (Wildman–Crippen LogP) is 2.61. The lowest BCUT2D eigenvalue weighted by molar-refractivity contribution is -0.112. The summed E-state index contributed by atoms with van der Waals surface area (Å²) in [6.07, 6.45) is 1.40. The van der Waals surface area contributed by atoms with Crippen molar-refractivity contribution in [1.29, 1.82) is 5.26 Å². The lowest BCUT2D eigenvalue weighted by Crippen LogP contribution is -3.00. The van der Waals surface area contributed by atoms with Gasteiger partial charge in [0.05, 0.1) is 10.0 Å². The van der Waals surface area contributed by atoms with Crippen molar-refractivity contribution in [1.82, 2.24) is 0 Å². The Hall–Kier alpha value is -2.39. The molecule has 0 atom stereocenters. The number of amides is 1. The van der Waals surface area contributed by atoms with Gasteiger partial charge in [0.25, 0.3) is 5.91 Å². The molecule has 29 heavy (non-hydrogen) atoms. The van der Waals surface area contributed by atoms with Crippen molar-refractivity contribution in [2.24, 2.45) is 0 Å². The first kappa shape index (κ1) is 24.6. The Bertz CT molecular complexity index is 934. The zero-order valence-electron chi connectivity index (χ0n) is 16.4. The number of nitrogens with one attached hydrogen (secondary N) is 2. The third-order valence-electron chi connectivity index (χ3n) is 4.25. The summed E-state index contributed by atoms with van der Waals surface area (Å²) in [5.74, 6) is -0.536. The van der Waals surface area contributed by atoms with E-state index in [4.69, 9.17) is 23.2 Å². The maximum absolute atomic E-state index is 12.3. The summed E-state index contributed by atoms with van der Waals surface area (Å²) in [6.45, 7) is 8.05. The van der Waals surface area contributed by atoms with Crippen LogP contribution in [0.25, 0.3) is 0 Å². The Morgan fingerprint density at radius 3 is 2.38 bits per heavy atom. The van der Waals surface area contributed by atoms with Gasteiger partial charge in [-0.3, -0.25) is 4.79 Å². The molecule has 5 nitrogen and oxygen atoms in total. The van der Waals surface area contributed by atoms with E-state index in [0.29, 0.717) is 15.7 Å². The number of aryl methyl sites for hydroxylation is 1. The second kappa shape index (κ2) is 11.6. The van der Waals surface area contributed by atoms with E-state index < -0.39 is 5.91 Å². The van der Waals surface area contributed by atoms with Crippen molar-refractivity contribution in [2.45, 2.75) is 20.8 Å². The molecule has 0 aliphatic carbocycles. The van der Waals surface area contributed by atoms with Crippen LogP contribution in [0.15, 0.2) is 48.2 Å². The molecule has 0 heterocycles. The summed E-state index contributed by atoms with van der Waals surface area (Å²) in [4.78, 5) is 14.6. The maximum atomic E-state index is 12.3. The summed E-state index contributed by atoms with van der Waals surface area (Å²) in [5.41, 5.74) is 3.38. The lowest BCUT2D eigenvalue weighted by atomic mass is 10.1. The molecular formula is C21H22Cl3N4O-. The second-order valence-electron chi connectivity index (χ2n) is 6.07. The van der Waals surface area contributed by atoms with E-state index in [2.05, 4.69) is 35.4 Å². The Labute approximate surface area is 187 Å². The molecule has 1 amide bonds. The largest absolute Gasteiger partial charge is 1.00 e. The minimum atomic E-state index is -0.536. The second-order valence-corrected chi connectivity index (χ2v) is 6.88. The zero-order valence-corrected chi connectivity index (χ0v) is 18.7. The van der Waals surface area contributed by atoms with Gasteiger partial charge in [-0.1, -0.05) is 23.2 Å². The smallest absolute Gasteiger partial charge is 0.267 e. The Balaban J connectivity index is 0.00000420. The first-order valence-electron chi connectivity index (χ1n) is 8.88. The van der Waals surface area contributed by atoms with Crippen LogP contribution in [0, 0.1) is 18.3 Å². The summed E-state index contributed by atoms with van der Waals surface area (Å²) in [6, 6.07) is 12.6. The molecule has 0 radical (unpaired) electrons. The topological polar surface area (TPSA) is 68.2 Å². The molecule has 2 rings (SSSR count). The molecule has 0 spiro atoms. The highest BCUT2D eigenvalue weighted by Crippen LogP contribution is 2.25. The van der Waals surface area contributed by atoms with Crippen molar-refractivity contribution in [2.75, 3.05) is 28.6 Å². The number of nitrogens with zero attached hydrogens (tertiary/aromatic N) is 2. The quantitative estimate of drug-likeness (QED) is 0.500. The molecule has 0 aliphatic rings. The molecule has 2 N–H and O–H groups in total. The Morgan fingerprint density at radius 2 is 1.83 bits per heavy atom. The van der Waals surface area contributed by atoms with Crippen LogP contribution in [0.3, 0.4) is 0 Å². The number of rotatable bonds is 7. The molecule has 8 heteroatoms. The molecule has 2 aromatic carbocycles. The number of carbonyl (C=O) groups is 1. The fourth-order valence-corrected chi connectivity index (χ4v) is 2.96. The number of hydrogen-bond donors (Lipinski definition) is 2. The van der Waals surface area contributed by atoms with E-state index >= 15 is 0 Å². The van der Waals surface area contributed by atoms with Gasteiger partial charge in [0.2, 0.25) is 0 Å². The van der Waals surface area contributed by atoms with Crippen LogP contribution in [0.2, 0.25) is 10.0 Å². The van der Waals surface area contributed by atoms with E-state index in [1.54, 1.807) is 12.1 Å². The lowest BCUT2D eigenvalue weighted by Gasteiger charge is -2.22. The monoisotopic (exact) mass is 451 g/mol.